The highest BCUT2D eigenvalue weighted by Crippen LogP contribution is 2.30. The van der Waals surface area contributed by atoms with Crippen molar-refractivity contribution in [1.29, 1.82) is 0 Å². The maximum atomic E-state index is 12.9. The van der Waals surface area contributed by atoms with Crippen molar-refractivity contribution in [3.8, 4) is 0 Å². The van der Waals surface area contributed by atoms with E-state index in [1.54, 1.807) is 24.3 Å². The normalized spacial score (nSPS) is 11.4. The first-order valence-electron chi connectivity index (χ1n) is 9.43. The molecule has 0 unspecified atom stereocenters. The average Bonchev–Trinajstić information content (AvgIpc) is 2.81. The third-order valence-corrected chi connectivity index (χ3v) is 6.99. The van der Waals surface area contributed by atoms with Crippen LogP contribution in [0, 0.1) is 0 Å². The lowest BCUT2D eigenvalue weighted by Crippen LogP contribution is -2.26. The van der Waals surface area contributed by atoms with Crippen LogP contribution >= 0.6 is 34.8 Å². The number of carbonyl (C=O) groups is 1. The summed E-state index contributed by atoms with van der Waals surface area (Å²) < 4.78 is 34.1. The van der Waals surface area contributed by atoms with E-state index >= 15 is 0 Å². The van der Waals surface area contributed by atoms with Crippen molar-refractivity contribution in [3.05, 3.63) is 91.6 Å². The summed E-state index contributed by atoms with van der Waals surface area (Å²) in [5, 5.41) is 8.17. The van der Waals surface area contributed by atoms with Crippen LogP contribution in [0.4, 0.5) is 5.69 Å². The van der Waals surface area contributed by atoms with E-state index in [1.165, 1.54) is 30.3 Å². The summed E-state index contributed by atoms with van der Waals surface area (Å²) in [6.45, 7) is -0.531. The van der Waals surface area contributed by atoms with Crippen molar-refractivity contribution < 1.29 is 17.9 Å². The molecule has 0 aliphatic carbocycles. The molecule has 1 heterocycles. The lowest BCUT2D eigenvalue weighted by atomic mass is 10.2. The van der Waals surface area contributed by atoms with Gasteiger partial charge in [-0.3, -0.25) is 9.52 Å². The summed E-state index contributed by atoms with van der Waals surface area (Å²) in [5.41, 5.74) is -0.188. The van der Waals surface area contributed by atoms with E-state index in [1.807, 2.05) is 0 Å². The SMILES string of the molecule is O=C(OCn1nnc2ccccc2c1=O)c1ccc(Cl)c(S(=O)(=O)Nc2cc(Cl)ccc2Cl)c1. The Morgan fingerprint density at radius 2 is 1.74 bits per heavy atom. The van der Waals surface area contributed by atoms with E-state index in [4.69, 9.17) is 39.5 Å². The standard InChI is InChI=1S/C21H13Cl3N4O5S/c22-13-6-8-15(23)18(10-13)26-34(31,32)19-9-12(5-7-16(19)24)21(30)33-11-28-20(29)14-3-1-2-4-17(14)25-27-28/h1-10,26H,11H2. The molecule has 0 saturated heterocycles. The van der Waals surface area contributed by atoms with Gasteiger partial charge in [-0.05, 0) is 48.5 Å². The summed E-state index contributed by atoms with van der Waals surface area (Å²) in [7, 11) is -4.25. The van der Waals surface area contributed by atoms with E-state index in [0.717, 1.165) is 10.7 Å². The van der Waals surface area contributed by atoms with Crippen LogP contribution < -0.4 is 10.3 Å². The fourth-order valence-corrected chi connectivity index (χ4v) is 4.91. The molecule has 0 saturated carbocycles. The number of halogens is 3. The predicted octanol–water partition coefficient (Wildman–Crippen LogP) is 4.37. The van der Waals surface area contributed by atoms with Crippen molar-refractivity contribution in [2.24, 2.45) is 0 Å². The van der Waals surface area contributed by atoms with Crippen molar-refractivity contribution in [2.45, 2.75) is 11.6 Å². The van der Waals surface area contributed by atoms with Gasteiger partial charge in [0.15, 0.2) is 6.73 Å². The summed E-state index contributed by atoms with van der Waals surface area (Å²) in [5.74, 6) is -0.907. The summed E-state index contributed by atoms with van der Waals surface area (Å²) in [4.78, 5) is 24.6. The summed E-state index contributed by atoms with van der Waals surface area (Å²) in [6, 6.07) is 14.4. The van der Waals surface area contributed by atoms with E-state index < -0.39 is 28.3 Å². The first kappa shape index (κ1) is 24.0. The van der Waals surface area contributed by atoms with Crippen LogP contribution in [0.25, 0.3) is 10.9 Å². The molecule has 1 N–H and O–H groups in total. The average molecular weight is 540 g/mol. The van der Waals surface area contributed by atoms with Crippen LogP contribution in [-0.4, -0.2) is 29.4 Å². The molecule has 3 aromatic carbocycles. The van der Waals surface area contributed by atoms with Gasteiger partial charge in [-0.1, -0.05) is 52.1 Å². The van der Waals surface area contributed by atoms with Gasteiger partial charge in [0.05, 0.1) is 26.7 Å². The van der Waals surface area contributed by atoms with Crippen LogP contribution in [0.2, 0.25) is 15.1 Å². The number of ether oxygens (including phenoxy) is 1. The maximum absolute atomic E-state index is 12.9. The van der Waals surface area contributed by atoms with Gasteiger partial charge in [0, 0.05) is 5.02 Å². The molecule has 0 aliphatic rings. The first-order chi connectivity index (χ1) is 16.2. The summed E-state index contributed by atoms with van der Waals surface area (Å²) >= 11 is 18.0. The Bertz CT molecular complexity index is 1590. The van der Waals surface area contributed by atoms with Gasteiger partial charge >= 0.3 is 5.97 Å². The van der Waals surface area contributed by atoms with Gasteiger partial charge < -0.3 is 4.74 Å². The smallest absolute Gasteiger partial charge is 0.339 e. The fraction of sp³-hybridized carbons (Fsp3) is 0.0476. The minimum Gasteiger partial charge on any atom is -0.439 e. The largest absolute Gasteiger partial charge is 0.439 e. The maximum Gasteiger partial charge on any atom is 0.339 e. The number of carbonyl (C=O) groups excluding carboxylic acids is 1. The van der Waals surface area contributed by atoms with Crippen LogP contribution in [0.5, 0.6) is 0 Å². The number of anilines is 1. The van der Waals surface area contributed by atoms with Crippen LogP contribution in [0.1, 0.15) is 10.4 Å². The Kier molecular flexibility index (Phi) is 6.76. The van der Waals surface area contributed by atoms with Gasteiger partial charge in [0.2, 0.25) is 0 Å². The molecule has 4 aromatic rings. The molecule has 0 radical (unpaired) electrons. The van der Waals surface area contributed by atoms with E-state index in [2.05, 4.69) is 15.0 Å². The molecule has 0 bridgehead atoms. The van der Waals surface area contributed by atoms with Crippen molar-refractivity contribution in [2.75, 3.05) is 4.72 Å². The second-order valence-corrected chi connectivity index (χ2v) is 9.75. The Hall–Kier alpha value is -3.18. The second kappa shape index (κ2) is 9.59. The highest BCUT2D eigenvalue weighted by atomic mass is 35.5. The molecule has 4 rings (SSSR count). The lowest BCUT2D eigenvalue weighted by molar-refractivity contribution is 0.0336. The number of esters is 1. The van der Waals surface area contributed by atoms with Crippen LogP contribution in [0.3, 0.4) is 0 Å². The zero-order valence-corrected chi connectivity index (χ0v) is 20.0. The Balaban J connectivity index is 1.57. The molecule has 174 valence electrons. The molecule has 13 heteroatoms. The van der Waals surface area contributed by atoms with Gasteiger partial charge in [0.1, 0.15) is 10.4 Å². The monoisotopic (exact) mass is 538 g/mol. The van der Waals surface area contributed by atoms with Crippen LogP contribution in [-0.2, 0) is 21.5 Å². The molecule has 0 spiro atoms. The molecule has 0 fully saturated rings. The van der Waals surface area contributed by atoms with E-state index in [-0.39, 0.29) is 31.2 Å². The number of rotatable bonds is 6. The Labute approximate surface area is 207 Å². The molecule has 9 nitrogen and oxygen atoms in total. The lowest BCUT2D eigenvalue weighted by Gasteiger charge is -2.12. The number of nitrogens with zero attached hydrogens (tertiary/aromatic N) is 3. The Morgan fingerprint density at radius 3 is 2.53 bits per heavy atom. The molecule has 34 heavy (non-hydrogen) atoms. The minimum absolute atomic E-state index is 0.0347. The van der Waals surface area contributed by atoms with E-state index in [0.29, 0.717) is 10.9 Å². The number of hydrogen-bond donors (Lipinski definition) is 1. The third-order valence-electron chi connectivity index (χ3n) is 4.58. The third kappa shape index (κ3) is 5.00. The van der Waals surface area contributed by atoms with Crippen molar-refractivity contribution >= 4 is 67.4 Å². The van der Waals surface area contributed by atoms with Gasteiger partial charge in [-0.2, -0.15) is 4.68 Å². The molecular weight excluding hydrogens is 527 g/mol. The zero-order chi connectivity index (χ0) is 24.5. The van der Waals surface area contributed by atoms with Gasteiger partial charge in [-0.15, -0.1) is 5.10 Å². The van der Waals surface area contributed by atoms with Crippen molar-refractivity contribution in [3.63, 3.8) is 0 Å². The second-order valence-electron chi connectivity index (χ2n) is 6.85. The number of nitrogens with one attached hydrogen (secondary N) is 1. The summed E-state index contributed by atoms with van der Waals surface area (Å²) in [6.07, 6.45) is 0. The quantitative estimate of drug-likeness (QED) is 0.361. The molecule has 0 amide bonds. The van der Waals surface area contributed by atoms with Gasteiger partial charge in [0.25, 0.3) is 15.6 Å². The van der Waals surface area contributed by atoms with Crippen LogP contribution in [0.15, 0.2) is 70.4 Å². The van der Waals surface area contributed by atoms with Gasteiger partial charge in [-0.25, -0.2) is 13.2 Å². The molecular formula is C21H13Cl3N4O5S. The highest BCUT2D eigenvalue weighted by molar-refractivity contribution is 7.92. The highest BCUT2D eigenvalue weighted by Gasteiger charge is 2.22. The number of benzene rings is 3. The topological polar surface area (TPSA) is 120 Å². The number of sulfonamides is 1. The van der Waals surface area contributed by atoms with E-state index in [9.17, 15) is 18.0 Å². The predicted molar refractivity (Wildman–Crippen MR) is 128 cm³/mol. The minimum atomic E-state index is -4.25. The molecule has 0 aliphatic heterocycles. The molecule has 0 atom stereocenters. The van der Waals surface area contributed by atoms with Crippen molar-refractivity contribution in [1.82, 2.24) is 15.0 Å². The molecule has 1 aromatic heterocycles. The number of aromatic nitrogens is 3. The fourth-order valence-electron chi connectivity index (χ4n) is 2.92. The first-order valence-corrected chi connectivity index (χ1v) is 12.0. The number of fused-ring (bicyclic) bond motifs is 1. The number of hydrogen-bond acceptors (Lipinski definition) is 7. The Morgan fingerprint density at radius 1 is 1.00 bits per heavy atom. The zero-order valence-electron chi connectivity index (χ0n) is 16.9.